The third-order valence-corrected chi connectivity index (χ3v) is 5.71. The largest absolute Gasteiger partial charge is 0.378 e. The summed E-state index contributed by atoms with van der Waals surface area (Å²) in [4.78, 5) is 30.3. The van der Waals surface area contributed by atoms with Crippen LogP contribution in [0.5, 0.6) is 0 Å². The molecule has 0 fully saturated rings. The van der Waals surface area contributed by atoms with Gasteiger partial charge in [0.1, 0.15) is 5.70 Å². The molecule has 6 heteroatoms. The van der Waals surface area contributed by atoms with E-state index in [1.54, 1.807) is 12.1 Å². The number of imide groups is 1. The molecule has 0 unspecified atom stereocenters. The Balaban J connectivity index is 1.83. The Bertz CT molecular complexity index is 1250. The van der Waals surface area contributed by atoms with Gasteiger partial charge in [0.25, 0.3) is 11.8 Å². The molecule has 162 valence electrons. The molecule has 1 aliphatic rings. The third-order valence-electron chi connectivity index (χ3n) is 5.48. The zero-order valence-corrected chi connectivity index (χ0v) is 19.2. The van der Waals surface area contributed by atoms with E-state index in [1.807, 2.05) is 87.4 Å². The molecule has 0 spiro atoms. The summed E-state index contributed by atoms with van der Waals surface area (Å²) in [7, 11) is 3.83. The van der Waals surface area contributed by atoms with Gasteiger partial charge in [0.05, 0.1) is 11.3 Å². The van der Waals surface area contributed by atoms with Crippen LogP contribution in [0.2, 0.25) is 5.02 Å². The van der Waals surface area contributed by atoms with Crippen molar-refractivity contribution in [1.82, 2.24) is 0 Å². The first-order valence-electron chi connectivity index (χ1n) is 10.3. The fourth-order valence-corrected chi connectivity index (χ4v) is 3.91. The van der Waals surface area contributed by atoms with Crippen molar-refractivity contribution in [2.45, 2.75) is 13.8 Å². The second kappa shape index (κ2) is 8.52. The Kier molecular flexibility index (Phi) is 5.76. The highest BCUT2D eigenvalue weighted by atomic mass is 35.5. The van der Waals surface area contributed by atoms with E-state index in [-0.39, 0.29) is 11.6 Å². The molecule has 1 heterocycles. The molecule has 0 saturated carbocycles. The predicted molar refractivity (Wildman–Crippen MR) is 131 cm³/mol. The van der Waals surface area contributed by atoms with Crippen molar-refractivity contribution in [2.24, 2.45) is 0 Å². The number of hydrogen-bond acceptors (Lipinski definition) is 4. The summed E-state index contributed by atoms with van der Waals surface area (Å²) in [5.74, 6) is -0.750. The highest BCUT2D eigenvalue weighted by Gasteiger charge is 2.40. The standard InChI is InChI=1S/C26H24ClN3O2/c1-16-8-10-18(11-9-16)23-24(28-22-13-12-19(27)14-17(22)2)26(32)30(25(23)31)21-7-5-6-20(15-21)29(3)4/h5-15,28H,1-4H3. The van der Waals surface area contributed by atoms with Crippen LogP contribution in [0.15, 0.2) is 72.4 Å². The Morgan fingerprint density at radius 2 is 1.59 bits per heavy atom. The van der Waals surface area contributed by atoms with E-state index in [4.69, 9.17) is 11.6 Å². The zero-order chi connectivity index (χ0) is 23.0. The lowest BCUT2D eigenvalue weighted by molar-refractivity contribution is -0.120. The van der Waals surface area contributed by atoms with Gasteiger partial charge in [0.2, 0.25) is 0 Å². The Morgan fingerprint density at radius 1 is 0.875 bits per heavy atom. The first-order chi connectivity index (χ1) is 15.3. The molecule has 0 aliphatic carbocycles. The van der Waals surface area contributed by atoms with Crippen molar-refractivity contribution >= 4 is 46.1 Å². The number of nitrogens with zero attached hydrogens (tertiary/aromatic N) is 2. The SMILES string of the molecule is Cc1ccc(C2=C(Nc3ccc(Cl)cc3C)C(=O)N(c3cccc(N(C)C)c3)C2=O)cc1. The minimum absolute atomic E-state index is 0.250. The molecule has 3 aromatic rings. The van der Waals surface area contributed by atoms with Gasteiger partial charge in [-0.25, -0.2) is 4.90 Å². The number of carbonyl (C=O) groups is 2. The molecule has 0 saturated heterocycles. The summed E-state index contributed by atoms with van der Waals surface area (Å²) < 4.78 is 0. The molecular weight excluding hydrogens is 422 g/mol. The molecule has 0 radical (unpaired) electrons. The fourth-order valence-electron chi connectivity index (χ4n) is 3.68. The van der Waals surface area contributed by atoms with E-state index in [2.05, 4.69) is 5.32 Å². The molecule has 32 heavy (non-hydrogen) atoms. The first kappa shape index (κ1) is 21.7. The second-order valence-electron chi connectivity index (χ2n) is 8.06. The maximum atomic E-state index is 13.6. The van der Waals surface area contributed by atoms with Crippen LogP contribution >= 0.6 is 11.6 Å². The maximum Gasteiger partial charge on any atom is 0.282 e. The molecule has 0 atom stereocenters. The molecule has 1 N–H and O–H groups in total. The van der Waals surface area contributed by atoms with Crippen molar-refractivity contribution in [3.63, 3.8) is 0 Å². The summed E-state index contributed by atoms with van der Waals surface area (Å²) >= 11 is 6.10. The number of halogens is 1. The summed E-state index contributed by atoms with van der Waals surface area (Å²) in [5.41, 5.74) is 5.38. The van der Waals surface area contributed by atoms with Crippen LogP contribution in [0.25, 0.3) is 5.57 Å². The van der Waals surface area contributed by atoms with Gasteiger partial charge in [0.15, 0.2) is 0 Å². The van der Waals surface area contributed by atoms with Gasteiger partial charge in [-0.05, 0) is 61.4 Å². The number of hydrogen-bond donors (Lipinski definition) is 1. The van der Waals surface area contributed by atoms with Crippen LogP contribution < -0.4 is 15.1 Å². The van der Waals surface area contributed by atoms with Crippen LogP contribution in [0.3, 0.4) is 0 Å². The van der Waals surface area contributed by atoms with E-state index >= 15 is 0 Å². The number of nitrogens with one attached hydrogen (secondary N) is 1. The summed E-state index contributed by atoms with van der Waals surface area (Å²) in [6, 6.07) is 20.3. The Morgan fingerprint density at radius 3 is 2.25 bits per heavy atom. The molecule has 2 amide bonds. The molecule has 1 aliphatic heterocycles. The van der Waals surface area contributed by atoms with Crippen LogP contribution in [0.4, 0.5) is 17.1 Å². The average Bonchev–Trinajstić information content (AvgIpc) is 3.00. The monoisotopic (exact) mass is 445 g/mol. The summed E-state index contributed by atoms with van der Waals surface area (Å²) in [6.07, 6.45) is 0. The van der Waals surface area contributed by atoms with Gasteiger partial charge in [-0.1, -0.05) is 47.5 Å². The lowest BCUT2D eigenvalue weighted by atomic mass is 10.0. The van der Waals surface area contributed by atoms with Gasteiger partial charge in [0, 0.05) is 30.5 Å². The molecule has 3 aromatic carbocycles. The van der Waals surface area contributed by atoms with Crippen molar-refractivity contribution in [3.05, 3.63) is 94.1 Å². The molecule has 4 rings (SSSR count). The fraction of sp³-hybridized carbons (Fsp3) is 0.154. The van der Waals surface area contributed by atoms with Crippen LogP contribution in [0, 0.1) is 13.8 Å². The van der Waals surface area contributed by atoms with Gasteiger partial charge in [-0.15, -0.1) is 0 Å². The molecular formula is C26H24ClN3O2. The lowest BCUT2D eigenvalue weighted by Crippen LogP contribution is -2.32. The minimum atomic E-state index is -0.393. The number of aryl methyl sites for hydroxylation is 2. The second-order valence-corrected chi connectivity index (χ2v) is 8.50. The number of rotatable bonds is 5. The van der Waals surface area contributed by atoms with Crippen molar-refractivity contribution < 1.29 is 9.59 Å². The van der Waals surface area contributed by atoms with E-state index < -0.39 is 5.91 Å². The normalized spacial score (nSPS) is 13.7. The Hall–Kier alpha value is -3.57. The summed E-state index contributed by atoms with van der Waals surface area (Å²) in [5, 5.41) is 3.82. The van der Waals surface area contributed by atoms with Crippen molar-refractivity contribution in [3.8, 4) is 0 Å². The average molecular weight is 446 g/mol. The minimum Gasteiger partial charge on any atom is -0.378 e. The quantitative estimate of drug-likeness (QED) is 0.533. The number of anilines is 3. The molecule has 0 aromatic heterocycles. The van der Waals surface area contributed by atoms with E-state index in [1.165, 1.54) is 4.90 Å². The van der Waals surface area contributed by atoms with Crippen molar-refractivity contribution in [2.75, 3.05) is 29.2 Å². The lowest BCUT2D eigenvalue weighted by Gasteiger charge is -2.19. The smallest absolute Gasteiger partial charge is 0.282 e. The van der Waals surface area contributed by atoms with Crippen molar-refractivity contribution in [1.29, 1.82) is 0 Å². The predicted octanol–water partition coefficient (Wildman–Crippen LogP) is 5.42. The van der Waals surface area contributed by atoms with Gasteiger partial charge in [-0.3, -0.25) is 9.59 Å². The number of benzene rings is 3. The van der Waals surface area contributed by atoms with Gasteiger partial charge < -0.3 is 10.2 Å². The topological polar surface area (TPSA) is 52.7 Å². The number of carbonyl (C=O) groups excluding carboxylic acids is 2. The first-order valence-corrected chi connectivity index (χ1v) is 10.6. The van der Waals surface area contributed by atoms with E-state index in [0.717, 1.165) is 22.5 Å². The number of amides is 2. The third kappa shape index (κ3) is 3.99. The van der Waals surface area contributed by atoms with E-state index in [0.29, 0.717) is 21.8 Å². The van der Waals surface area contributed by atoms with Crippen LogP contribution in [0.1, 0.15) is 16.7 Å². The van der Waals surface area contributed by atoms with E-state index in [9.17, 15) is 9.59 Å². The van der Waals surface area contributed by atoms with Gasteiger partial charge >= 0.3 is 0 Å². The molecule has 0 bridgehead atoms. The highest BCUT2D eigenvalue weighted by Crippen LogP contribution is 2.35. The maximum absolute atomic E-state index is 13.6. The molecule has 5 nitrogen and oxygen atoms in total. The zero-order valence-electron chi connectivity index (χ0n) is 18.4. The van der Waals surface area contributed by atoms with Gasteiger partial charge in [-0.2, -0.15) is 0 Å². The highest BCUT2D eigenvalue weighted by molar-refractivity contribution is 6.46. The van der Waals surface area contributed by atoms with Crippen LogP contribution in [-0.4, -0.2) is 25.9 Å². The summed E-state index contributed by atoms with van der Waals surface area (Å²) in [6.45, 7) is 3.88. The Labute approximate surface area is 192 Å². The van der Waals surface area contributed by atoms with Crippen LogP contribution in [-0.2, 0) is 9.59 Å².